The average Bonchev–Trinajstić information content (AvgIpc) is 3.07. The van der Waals surface area contributed by atoms with Crippen LogP contribution in [-0.2, 0) is 14.8 Å². The van der Waals surface area contributed by atoms with Crippen LogP contribution in [-0.4, -0.2) is 57.8 Å². The van der Waals surface area contributed by atoms with Crippen LogP contribution in [0.3, 0.4) is 0 Å². The molecule has 3 rings (SSSR count). The molecule has 0 saturated carbocycles. The Labute approximate surface area is 157 Å². The molecule has 1 aliphatic heterocycles. The van der Waals surface area contributed by atoms with Crippen molar-refractivity contribution in [2.75, 3.05) is 49.6 Å². The third-order valence-electron chi connectivity index (χ3n) is 3.86. The van der Waals surface area contributed by atoms with Crippen LogP contribution in [0.1, 0.15) is 10.6 Å². The van der Waals surface area contributed by atoms with E-state index in [9.17, 15) is 8.42 Å². The molecular formula is C16H23N5O3S2. The van der Waals surface area contributed by atoms with Crippen LogP contribution >= 0.6 is 11.3 Å². The van der Waals surface area contributed by atoms with Crippen molar-refractivity contribution in [3.63, 3.8) is 0 Å². The first kappa shape index (κ1) is 19.0. The van der Waals surface area contributed by atoms with Crippen LogP contribution < -0.4 is 14.9 Å². The van der Waals surface area contributed by atoms with Crippen molar-refractivity contribution < 1.29 is 13.2 Å². The Balaban J connectivity index is 1.55. The second-order valence-electron chi connectivity index (χ2n) is 5.98. The molecule has 26 heavy (non-hydrogen) atoms. The molecular weight excluding hydrogens is 374 g/mol. The van der Waals surface area contributed by atoms with Crippen molar-refractivity contribution in [1.82, 2.24) is 14.7 Å². The summed E-state index contributed by atoms with van der Waals surface area (Å²) in [6.45, 7) is 7.43. The first-order valence-electron chi connectivity index (χ1n) is 8.42. The highest BCUT2D eigenvalue weighted by atomic mass is 32.2. The van der Waals surface area contributed by atoms with Crippen molar-refractivity contribution in [1.29, 1.82) is 0 Å². The van der Waals surface area contributed by atoms with E-state index in [-0.39, 0.29) is 6.54 Å². The number of morpholine rings is 1. The SMILES string of the molecule is Cc1cc(N2CCOCC2)nc(NCCNS(=O)(=O)c2ccc(C)s2)n1. The number of ether oxygens (including phenoxy) is 1. The second kappa shape index (κ2) is 8.30. The molecule has 2 aromatic rings. The van der Waals surface area contributed by atoms with Gasteiger partial charge in [-0.2, -0.15) is 4.98 Å². The van der Waals surface area contributed by atoms with Gasteiger partial charge in [0.2, 0.25) is 16.0 Å². The Kier molecular flexibility index (Phi) is 6.07. The van der Waals surface area contributed by atoms with E-state index >= 15 is 0 Å². The number of nitrogens with one attached hydrogen (secondary N) is 2. The number of aromatic nitrogens is 2. The predicted molar refractivity (Wildman–Crippen MR) is 103 cm³/mol. The molecule has 0 amide bonds. The van der Waals surface area contributed by atoms with Gasteiger partial charge in [0, 0.05) is 42.8 Å². The van der Waals surface area contributed by atoms with Gasteiger partial charge >= 0.3 is 0 Å². The fraction of sp³-hybridized carbons (Fsp3) is 0.500. The number of hydrogen-bond acceptors (Lipinski definition) is 8. The van der Waals surface area contributed by atoms with Gasteiger partial charge in [0.05, 0.1) is 13.2 Å². The summed E-state index contributed by atoms with van der Waals surface area (Å²) >= 11 is 1.26. The Bertz CT molecular complexity index is 847. The smallest absolute Gasteiger partial charge is 0.250 e. The number of anilines is 2. The molecule has 0 spiro atoms. The van der Waals surface area contributed by atoms with Crippen LogP contribution in [0.5, 0.6) is 0 Å². The van der Waals surface area contributed by atoms with Crippen LogP contribution in [0, 0.1) is 13.8 Å². The standard InChI is InChI=1S/C16H23N5O3S2/c1-12-11-14(21-7-9-24-10-8-21)20-16(19-12)17-5-6-18-26(22,23)15-4-3-13(2)25-15/h3-4,11,18H,5-10H2,1-2H3,(H,17,19,20). The van der Waals surface area contributed by atoms with Gasteiger partial charge in [0.25, 0.3) is 0 Å². The summed E-state index contributed by atoms with van der Waals surface area (Å²) < 4.78 is 32.7. The quantitative estimate of drug-likeness (QED) is 0.682. The van der Waals surface area contributed by atoms with E-state index in [0.717, 1.165) is 29.5 Å². The number of nitrogens with zero attached hydrogens (tertiary/aromatic N) is 3. The molecule has 2 aromatic heterocycles. The minimum Gasteiger partial charge on any atom is -0.378 e. The maximum atomic E-state index is 12.2. The molecule has 142 valence electrons. The highest BCUT2D eigenvalue weighted by Gasteiger charge is 2.16. The van der Waals surface area contributed by atoms with Gasteiger partial charge in [-0.15, -0.1) is 11.3 Å². The third kappa shape index (κ3) is 4.91. The number of aryl methyl sites for hydroxylation is 2. The third-order valence-corrected chi connectivity index (χ3v) is 6.81. The molecule has 0 unspecified atom stereocenters. The molecule has 8 nitrogen and oxygen atoms in total. The molecule has 10 heteroatoms. The zero-order valence-electron chi connectivity index (χ0n) is 14.9. The van der Waals surface area contributed by atoms with Crippen LogP contribution in [0.4, 0.5) is 11.8 Å². The molecule has 1 aliphatic rings. The first-order chi connectivity index (χ1) is 12.4. The van der Waals surface area contributed by atoms with Crippen molar-refractivity contribution in [3.8, 4) is 0 Å². The van der Waals surface area contributed by atoms with Crippen LogP contribution in [0.15, 0.2) is 22.4 Å². The number of rotatable bonds is 7. The fourth-order valence-electron chi connectivity index (χ4n) is 2.57. The van der Waals surface area contributed by atoms with Gasteiger partial charge in [-0.1, -0.05) is 0 Å². The number of hydrogen-bond donors (Lipinski definition) is 2. The van der Waals surface area contributed by atoms with Crippen LogP contribution in [0.25, 0.3) is 0 Å². The molecule has 3 heterocycles. The Morgan fingerprint density at radius 1 is 1.19 bits per heavy atom. The normalized spacial score (nSPS) is 15.2. The Hall–Kier alpha value is -1.75. The largest absolute Gasteiger partial charge is 0.378 e. The fourth-order valence-corrected chi connectivity index (χ4v) is 4.93. The summed E-state index contributed by atoms with van der Waals surface area (Å²) in [6, 6.07) is 5.36. The Morgan fingerprint density at radius 2 is 1.96 bits per heavy atom. The average molecular weight is 398 g/mol. The molecule has 0 radical (unpaired) electrons. The van der Waals surface area contributed by atoms with Gasteiger partial charge in [-0.25, -0.2) is 18.1 Å². The molecule has 2 N–H and O–H groups in total. The van der Waals surface area contributed by atoms with Gasteiger partial charge in [0.1, 0.15) is 10.0 Å². The van der Waals surface area contributed by atoms with E-state index in [0.29, 0.717) is 29.9 Å². The Morgan fingerprint density at radius 3 is 2.65 bits per heavy atom. The summed E-state index contributed by atoms with van der Waals surface area (Å²) in [5.41, 5.74) is 0.860. The minimum absolute atomic E-state index is 0.253. The lowest BCUT2D eigenvalue weighted by molar-refractivity contribution is 0.122. The lowest BCUT2D eigenvalue weighted by Crippen LogP contribution is -2.37. The highest BCUT2D eigenvalue weighted by molar-refractivity contribution is 7.91. The van der Waals surface area contributed by atoms with Gasteiger partial charge in [-0.05, 0) is 26.0 Å². The monoisotopic (exact) mass is 397 g/mol. The molecule has 0 atom stereocenters. The van der Waals surface area contributed by atoms with Crippen molar-refractivity contribution >= 4 is 33.1 Å². The topological polar surface area (TPSA) is 96.5 Å². The maximum absolute atomic E-state index is 12.2. The molecule has 1 saturated heterocycles. The van der Waals surface area contributed by atoms with E-state index in [1.165, 1.54) is 11.3 Å². The van der Waals surface area contributed by atoms with E-state index in [2.05, 4.69) is 24.9 Å². The highest BCUT2D eigenvalue weighted by Crippen LogP contribution is 2.20. The van der Waals surface area contributed by atoms with Crippen LogP contribution in [0.2, 0.25) is 0 Å². The van der Waals surface area contributed by atoms with Crippen molar-refractivity contribution in [2.45, 2.75) is 18.1 Å². The molecule has 1 fully saturated rings. The lowest BCUT2D eigenvalue weighted by atomic mass is 10.3. The minimum atomic E-state index is -3.46. The summed E-state index contributed by atoms with van der Waals surface area (Å²) in [7, 11) is -3.46. The maximum Gasteiger partial charge on any atom is 0.250 e. The van der Waals surface area contributed by atoms with Crippen molar-refractivity contribution in [3.05, 3.63) is 28.8 Å². The van der Waals surface area contributed by atoms with E-state index in [1.807, 2.05) is 19.9 Å². The lowest BCUT2D eigenvalue weighted by Gasteiger charge is -2.28. The molecule has 0 aliphatic carbocycles. The van der Waals surface area contributed by atoms with Gasteiger partial charge in [-0.3, -0.25) is 0 Å². The zero-order valence-corrected chi connectivity index (χ0v) is 16.5. The second-order valence-corrected chi connectivity index (χ2v) is 9.26. The first-order valence-corrected chi connectivity index (χ1v) is 10.7. The van der Waals surface area contributed by atoms with Gasteiger partial charge in [0.15, 0.2) is 0 Å². The summed E-state index contributed by atoms with van der Waals surface area (Å²) in [5.74, 6) is 1.36. The van der Waals surface area contributed by atoms with E-state index in [1.54, 1.807) is 12.1 Å². The van der Waals surface area contributed by atoms with Gasteiger partial charge < -0.3 is 15.0 Å². The summed E-state index contributed by atoms with van der Waals surface area (Å²) in [5, 5.41) is 3.09. The van der Waals surface area contributed by atoms with E-state index in [4.69, 9.17) is 4.74 Å². The zero-order chi connectivity index (χ0) is 18.6. The summed E-state index contributed by atoms with van der Waals surface area (Å²) in [4.78, 5) is 12.0. The summed E-state index contributed by atoms with van der Waals surface area (Å²) in [6.07, 6.45) is 0. The predicted octanol–water partition coefficient (Wildman–Crippen LogP) is 1.38. The van der Waals surface area contributed by atoms with E-state index < -0.39 is 10.0 Å². The molecule has 0 bridgehead atoms. The number of sulfonamides is 1. The molecule has 0 aromatic carbocycles. The number of thiophene rings is 1. The van der Waals surface area contributed by atoms with Crippen molar-refractivity contribution in [2.24, 2.45) is 0 Å².